The van der Waals surface area contributed by atoms with Crippen molar-refractivity contribution in [2.24, 2.45) is 5.92 Å². The van der Waals surface area contributed by atoms with Crippen molar-refractivity contribution in [3.63, 3.8) is 0 Å². The van der Waals surface area contributed by atoms with E-state index in [1.165, 1.54) is 0 Å². The molecule has 1 aliphatic rings. The molecule has 0 atom stereocenters. The van der Waals surface area contributed by atoms with Crippen molar-refractivity contribution in [3.8, 4) is 5.69 Å². The lowest BCUT2D eigenvalue weighted by atomic mass is 9.96. The molecule has 1 saturated heterocycles. The molecule has 0 spiro atoms. The number of hydrogen-bond acceptors (Lipinski definition) is 3. The Kier molecular flexibility index (Phi) is 7.29. The average molecular weight is 383 g/mol. The molecule has 1 aliphatic heterocycles. The Morgan fingerprint density at radius 1 is 1.36 bits per heavy atom. The van der Waals surface area contributed by atoms with Crippen molar-refractivity contribution in [1.82, 2.24) is 20.0 Å². The van der Waals surface area contributed by atoms with Crippen molar-refractivity contribution in [3.05, 3.63) is 47.2 Å². The van der Waals surface area contributed by atoms with Crippen LogP contribution in [0.4, 0.5) is 0 Å². The Bertz CT molecular complexity index is 696. The molecular weight excluding hydrogens is 359 g/mol. The summed E-state index contributed by atoms with van der Waals surface area (Å²) in [4.78, 5) is 14.6. The van der Waals surface area contributed by atoms with Crippen molar-refractivity contribution in [1.29, 1.82) is 0 Å². The zero-order chi connectivity index (χ0) is 16.9. The number of aromatic nitrogens is 2. The number of hydrogen-bond donors (Lipinski definition) is 1. The minimum atomic E-state index is 0. The van der Waals surface area contributed by atoms with Crippen LogP contribution < -0.4 is 5.32 Å². The van der Waals surface area contributed by atoms with Crippen molar-refractivity contribution >= 4 is 29.9 Å². The Morgan fingerprint density at radius 3 is 2.80 bits per heavy atom. The summed E-state index contributed by atoms with van der Waals surface area (Å²) < 4.78 is 1.69. The first-order valence-electron chi connectivity index (χ1n) is 8.48. The van der Waals surface area contributed by atoms with Gasteiger partial charge in [0.2, 0.25) is 0 Å². The summed E-state index contributed by atoms with van der Waals surface area (Å²) in [5.41, 5.74) is 1.48. The van der Waals surface area contributed by atoms with E-state index in [-0.39, 0.29) is 18.3 Å². The molecule has 0 saturated carbocycles. The lowest BCUT2D eigenvalue weighted by Gasteiger charge is -2.31. The molecule has 2 heterocycles. The van der Waals surface area contributed by atoms with Gasteiger partial charge in [0, 0.05) is 24.3 Å². The number of nitrogens with one attached hydrogen (secondary N) is 1. The van der Waals surface area contributed by atoms with Crippen LogP contribution >= 0.6 is 24.0 Å². The third-order valence-corrected chi connectivity index (χ3v) is 4.72. The second kappa shape index (κ2) is 9.22. The monoisotopic (exact) mass is 382 g/mol. The van der Waals surface area contributed by atoms with E-state index < -0.39 is 0 Å². The van der Waals surface area contributed by atoms with Crippen LogP contribution in [-0.4, -0.2) is 46.8 Å². The van der Waals surface area contributed by atoms with Crippen LogP contribution in [0.25, 0.3) is 5.69 Å². The largest absolute Gasteiger partial charge is 0.339 e. The summed E-state index contributed by atoms with van der Waals surface area (Å²) in [5.74, 6) is 0.730. The second-order valence-electron chi connectivity index (χ2n) is 6.20. The molecule has 7 heteroatoms. The smallest absolute Gasteiger partial charge is 0.257 e. The fourth-order valence-corrected chi connectivity index (χ4v) is 3.25. The van der Waals surface area contributed by atoms with E-state index >= 15 is 0 Å². The molecule has 3 rings (SSSR count). The minimum Gasteiger partial charge on any atom is -0.339 e. The zero-order valence-electron chi connectivity index (χ0n) is 14.3. The molecule has 1 aromatic heterocycles. The highest BCUT2D eigenvalue weighted by atomic mass is 35.5. The Labute approximate surface area is 159 Å². The Hall–Kier alpha value is -1.56. The van der Waals surface area contributed by atoms with Gasteiger partial charge in [-0.2, -0.15) is 5.10 Å². The van der Waals surface area contributed by atoms with E-state index in [1.54, 1.807) is 17.1 Å². The van der Waals surface area contributed by atoms with E-state index in [9.17, 15) is 4.79 Å². The number of amides is 1. The maximum atomic E-state index is 12.7. The van der Waals surface area contributed by atoms with Crippen LogP contribution in [0.1, 0.15) is 30.1 Å². The van der Waals surface area contributed by atoms with Crippen LogP contribution in [0.3, 0.4) is 0 Å². The highest BCUT2D eigenvalue weighted by Gasteiger charge is 2.24. The van der Waals surface area contributed by atoms with Gasteiger partial charge in [-0.25, -0.2) is 4.68 Å². The topological polar surface area (TPSA) is 50.2 Å². The maximum absolute atomic E-state index is 12.7. The minimum absolute atomic E-state index is 0. The predicted molar refractivity (Wildman–Crippen MR) is 103 cm³/mol. The molecule has 0 bridgehead atoms. The number of carbonyl (C=O) groups excluding carboxylic acids is 1. The lowest BCUT2D eigenvalue weighted by Crippen LogP contribution is -2.40. The van der Waals surface area contributed by atoms with Gasteiger partial charge in [0.05, 0.1) is 17.4 Å². The fourth-order valence-electron chi connectivity index (χ4n) is 3.06. The second-order valence-corrected chi connectivity index (χ2v) is 6.63. The van der Waals surface area contributed by atoms with Gasteiger partial charge in [-0.1, -0.05) is 24.6 Å². The molecule has 0 unspecified atom stereocenters. The number of nitrogens with zero attached hydrogens (tertiary/aromatic N) is 3. The normalized spacial score (nSPS) is 15.0. The van der Waals surface area contributed by atoms with Crippen LogP contribution in [0.5, 0.6) is 0 Å². The summed E-state index contributed by atoms with van der Waals surface area (Å²) in [5, 5.41) is 8.34. The van der Waals surface area contributed by atoms with Crippen LogP contribution in [0, 0.1) is 5.92 Å². The highest BCUT2D eigenvalue weighted by Crippen LogP contribution is 2.19. The SMILES string of the molecule is CCNCC1CCN(C(=O)c2cnn(-c3cccc(Cl)c3)c2)CC1.Cl. The van der Waals surface area contributed by atoms with E-state index in [2.05, 4.69) is 17.3 Å². The molecule has 5 nitrogen and oxygen atoms in total. The Balaban J connectivity index is 0.00000225. The van der Waals surface area contributed by atoms with Gasteiger partial charge in [0.25, 0.3) is 5.91 Å². The fraction of sp³-hybridized carbons (Fsp3) is 0.444. The van der Waals surface area contributed by atoms with Gasteiger partial charge in [-0.15, -0.1) is 12.4 Å². The molecule has 0 radical (unpaired) electrons. The van der Waals surface area contributed by atoms with E-state index in [4.69, 9.17) is 11.6 Å². The summed E-state index contributed by atoms with van der Waals surface area (Å²) >= 11 is 6.01. The van der Waals surface area contributed by atoms with E-state index in [0.29, 0.717) is 16.5 Å². The number of piperidine rings is 1. The standard InChI is InChI=1S/C18H23ClN4O.ClH/c1-2-20-11-14-6-8-22(9-7-14)18(24)15-12-21-23(13-15)17-5-3-4-16(19)10-17;/h3-5,10,12-14,20H,2,6-9,11H2,1H3;1H. The third kappa shape index (κ3) is 4.97. The summed E-state index contributed by atoms with van der Waals surface area (Å²) in [6.07, 6.45) is 5.52. The number of carbonyl (C=O) groups is 1. The first-order valence-corrected chi connectivity index (χ1v) is 8.85. The molecule has 1 amide bonds. The van der Waals surface area contributed by atoms with E-state index in [0.717, 1.165) is 44.7 Å². The molecule has 1 N–H and O–H groups in total. The van der Waals surface area contributed by atoms with Crippen molar-refractivity contribution in [2.45, 2.75) is 19.8 Å². The van der Waals surface area contributed by atoms with Gasteiger partial charge in [0.15, 0.2) is 0 Å². The molecular formula is C18H24Cl2N4O. The first-order chi connectivity index (χ1) is 11.7. The third-order valence-electron chi connectivity index (χ3n) is 4.49. The molecule has 25 heavy (non-hydrogen) atoms. The quantitative estimate of drug-likeness (QED) is 0.861. The van der Waals surface area contributed by atoms with Gasteiger partial charge in [-0.05, 0) is 50.0 Å². The van der Waals surface area contributed by atoms with Gasteiger partial charge >= 0.3 is 0 Å². The number of halogens is 2. The predicted octanol–water partition coefficient (Wildman–Crippen LogP) is 3.41. The van der Waals surface area contributed by atoms with E-state index in [1.807, 2.05) is 29.2 Å². The summed E-state index contributed by atoms with van der Waals surface area (Å²) in [6.45, 7) is 5.80. The first kappa shape index (κ1) is 19.8. The number of benzene rings is 1. The lowest BCUT2D eigenvalue weighted by molar-refractivity contribution is 0.0690. The molecule has 136 valence electrons. The van der Waals surface area contributed by atoms with Gasteiger partial charge < -0.3 is 10.2 Å². The maximum Gasteiger partial charge on any atom is 0.257 e. The van der Waals surface area contributed by atoms with Crippen molar-refractivity contribution in [2.75, 3.05) is 26.2 Å². The number of likely N-dealkylation sites (tertiary alicyclic amines) is 1. The summed E-state index contributed by atoms with van der Waals surface area (Å²) in [7, 11) is 0. The molecule has 1 fully saturated rings. The summed E-state index contributed by atoms with van der Waals surface area (Å²) in [6, 6.07) is 7.43. The van der Waals surface area contributed by atoms with Gasteiger partial charge in [0.1, 0.15) is 0 Å². The van der Waals surface area contributed by atoms with Crippen molar-refractivity contribution < 1.29 is 4.79 Å². The molecule has 0 aliphatic carbocycles. The Morgan fingerprint density at radius 2 is 2.12 bits per heavy atom. The number of rotatable bonds is 5. The van der Waals surface area contributed by atoms with Gasteiger partial charge in [-0.3, -0.25) is 4.79 Å². The highest BCUT2D eigenvalue weighted by molar-refractivity contribution is 6.30. The van der Waals surface area contributed by atoms with Crippen LogP contribution in [-0.2, 0) is 0 Å². The van der Waals surface area contributed by atoms with Crippen LogP contribution in [0.15, 0.2) is 36.7 Å². The molecule has 2 aromatic rings. The zero-order valence-corrected chi connectivity index (χ0v) is 15.9. The molecule has 1 aromatic carbocycles. The average Bonchev–Trinajstić information content (AvgIpc) is 3.10. The van der Waals surface area contributed by atoms with Crippen LogP contribution in [0.2, 0.25) is 5.02 Å².